The standard InChI is InChI=1S/C20H24IN3O3/c1-20(2,3)27-19(26)23-17(12-14-8-5-4-6-9-14)18(25)24(22)16-11-7-10-15(21)13-16/h4-11,13,17H,12,22H2,1-3H3,(H,23,26)/t17-/m0/s1. The first-order chi connectivity index (χ1) is 12.7. The SMILES string of the molecule is CC(C)(C)OC(=O)N[C@@H](Cc1ccccc1)C(=O)N(N)c1cccc(I)c1. The monoisotopic (exact) mass is 481 g/mol. The molecule has 0 fully saturated rings. The van der Waals surface area contributed by atoms with Crippen LogP contribution in [0.3, 0.4) is 0 Å². The van der Waals surface area contributed by atoms with Gasteiger partial charge in [0.15, 0.2) is 0 Å². The van der Waals surface area contributed by atoms with Gasteiger partial charge in [0, 0.05) is 9.99 Å². The van der Waals surface area contributed by atoms with Gasteiger partial charge in [0.2, 0.25) is 0 Å². The molecule has 27 heavy (non-hydrogen) atoms. The Hall–Kier alpha value is -2.13. The van der Waals surface area contributed by atoms with Crippen LogP contribution >= 0.6 is 22.6 Å². The molecule has 0 bridgehead atoms. The number of hydrogen-bond donors (Lipinski definition) is 2. The van der Waals surface area contributed by atoms with E-state index in [1.165, 1.54) is 0 Å². The molecule has 6 nitrogen and oxygen atoms in total. The maximum absolute atomic E-state index is 13.0. The van der Waals surface area contributed by atoms with E-state index >= 15 is 0 Å². The van der Waals surface area contributed by atoms with Gasteiger partial charge in [-0.25, -0.2) is 15.6 Å². The second-order valence-corrected chi connectivity index (χ2v) is 8.32. The van der Waals surface area contributed by atoms with E-state index in [4.69, 9.17) is 10.6 Å². The number of rotatable bonds is 5. The van der Waals surface area contributed by atoms with Gasteiger partial charge in [-0.2, -0.15) is 0 Å². The summed E-state index contributed by atoms with van der Waals surface area (Å²) in [5.41, 5.74) is 0.793. The molecule has 0 spiro atoms. The van der Waals surface area contributed by atoms with E-state index in [1.807, 2.05) is 42.5 Å². The number of hydrogen-bond acceptors (Lipinski definition) is 4. The van der Waals surface area contributed by atoms with Crippen molar-refractivity contribution in [3.8, 4) is 0 Å². The van der Waals surface area contributed by atoms with Gasteiger partial charge in [0.25, 0.3) is 5.91 Å². The van der Waals surface area contributed by atoms with E-state index < -0.39 is 23.6 Å². The molecule has 0 saturated carbocycles. The van der Waals surface area contributed by atoms with Crippen LogP contribution in [0.25, 0.3) is 0 Å². The van der Waals surface area contributed by atoms with Crippen LogP contribution in [0.1, 0.15) is 26.3 Å². The van der Waals surface area contributed by atoms with Gasteiger partial charge >= 0.3 is 6.09 Å². The van der Waals surface area contributed by atoms with Crippen LogP contribution in [0, 0.1) is 3.57 Å². The van der Waals surface area contributed by atoms with E-state index in [-0.39, 0.29) is 0 Å². The molecule has 0 saturated heterocycles. The minimum absolute atomic E-state index is 0.302. The second-order valence-electron chi connectivity index (χ2n) is 7.08. The molecule has 7 heteroatoms. The van der Waals surface area contributed by atoms with E-state index in [0.717, 1.165) is 14.1 Å². The first kappa shape index (κ1) is 21.2. The molecule has 0 aromatic heterocycles. The molecular formula is C20H24IN3O3. The van der Waals surface area contributed by atoms with Crippen molar-refractivity contribution in [2.24, 2.45) is 5.84 Å². The Kier molecular flexibility index (Phi) is 7.20. The molecule has 1 atom stereocenters. The Labute approximate surface area is 173 Å². The maximum atomic E-state index is 13.0. The van der Waals surface area contributed by atoms with E-state index in [0.29, 0.717) is 12.1 Å². The Balaban J connectivity index is 2.21. The van der Waals surface area contributed by atoms with Crippen molar-refractivity contribution in [1.29, 1.82) is 0 Å². The predicted octanol–water partition coefficient (Wildman–Crippen LogP) is 3.63. The average Bonchev–Trinajstić information content (AvgIpc) is 2.59. The lowest BCUT2D eigenvalue weighted by atomic mass is 10.1. The highest BCUT2D eigenvalue weighted by Gasteiger charge is 2.28. The largest absolute Gasteiger partial charge is 0.444 e. The smallest absolute Gasteiger partial charge is 0.408 e. The van der Waals surface area contributed by atoms with Crippen LogP contribution in [0.15, 0.2) is 54.6 Å². The number of ether oxygens (including phenoxy) is 1. The molecule has 2 aromatic rings. The highest BCUT2D eigenvalue weighted by atomic mass is 127. The van der Waals surface area contributed by atoms with Crippen LogP contribution in [0.2, 0.25) is 0 Å². The van der Waals surface area contributed by atoms with E-state index in [1.54, 1.807) is 32.9 Å². The Morgan fingerprint density at radius 2 is 1.81 bits per heavy atom. The average molecular weight is 481 g/mol. The van der Waals surface area contributed by atoms with Crippen LogP contribution in [0.4, 0.5) is 10.5 Å². The number of anilines is 1. The van der Waals surface area contributed by atoms with Gasteiger partial charge in [-0.15, -0.1) is 0 Å². The first-order valence-corrected chi connectivity index (χ1v) is 9.61. The summed E-state index contributed by atoms with van der Waals surface area (Å²) in [6.07, 6.45) is -0.357. The lowest BCUT2D eigenvalue weighted by Crippen LogP contribution is -2.53. The van der Waals surface area contributed by atoms with Gasteiger partial charge in [-0.1, -0.05) is 36.4 Å². The van der Waals surface area contributed by atoms with Crippen molar-refractivity contribution in [2.75, 3.05) is 5.01 Å². The normalized spacial score (nSPS) is 12.2. The highest BCUT2D eigenvalue weighted by molar-refractivity contribution is 14.1. The second kappa shape index (κ2) is 9.18. The number of nitrogens with zero attached hydrogens (tertiary/aromatic N) is 1. The minimum Gasteiger partial charge on any atom is -0.444 e. The Morgan fingerprint density at radius 3 is 2.41 bits per heavy atom. The highest BCUT2D eigenvalue weighted by Crippen LogP contribution is 2.17. The van der Waals surface area contributed by atoms with Crippen molar-refractivity contribution >= 4 is 40.3 Å². The maximum Gasteiger partial charge on any atom is 0.408 e. The quantitative estimate of drug-likeness (QED) is 0.296. The fourth-order valence-corrected chi connectivity index (χ4v) is 2.95. The van der Waals surface area contributed by atoms with Crippen LogP contribution in [0.5, 0.6) is 0 Å². The number of nitrogens with two attached hydrogens (primary N) is 1. The Morgan fingerprint density at radius 1 is 1.15 bits per heavy atom. The number of halogens is 1. The number of amides is 2. The van der Waals surface area contributed by atoms with Gasteiger partial charge < -0.3 is 10.1 Å². The summed E-state index contributed by atoms with van der Waals surface area (Å²) in [5.74, 6) is 5.63. The fourth-order valence-electron chi connectivity index (χ4n) is 2.42. The molecular weight excluding hydrogens is 457 g/mol. The number of benzene rings is 2. The summed E-state index contributed by atoms with van der Waals surface area (Å²) in [5, 5.41) is 3.72. The summed E-state index contributed by atoms with van der Waals surface area (Å²) < 4.78 is 6.25. The molecule has 2 rings (SSSR count). The van der Waals surface area contributed by atoms with Crippen LogP contribution in [-0.4, -0.2) is 23.6 Å². The third kappa shape index (κ3) is 6.84. The molecule has 0 unspecified atom stereocenters. The van der Waals surface area contributed by atoms with Crippen LogP contribution in [-0.2, 0) is 16.0 Å². The summed E-state index contributed by atoms with van der Waals surface area (Å²) in [7, 11) is 0. The third-order valence-electron chi connectivity index (χ3n) is 3.60. The van der Waals surface area contributed by atoms with Crippen molar-refractivity contribution in [2.45, 2.75) is 38.8 Å². The van der Waals surface area contributed by atoms with Crippen molar-refractivity contribution in [3.63, 3.8) is 0 Å². The van der Waals surface area contributed by atoms with E-state index in [2.05, 4.69) is 27.9 Å². The lowest BCUT2D eigenvalue weighted by Gasteiger charge is -2.26. The molecule has 3 N–H and O–H groups in total. The van der Waals surface area contributed by atoms with Gasteiger partial charge in [0.1, 0.15) is 11.6 Å². The predicted molar refractivity (Wildman–Crippen MR) is 114 cm³/mol. The topological polar surface area (TPSA) is 84.7 Å². The summed E-state index contributed by atoms with van der Waals surface area (Å²) in [6, 6.07) is 15.8. The molecule has 0 heterocycles. The minimum atomic E-state index is -0.856. The molecule has 0 aliphatic rings. The molecule has 2 aromatic carbocycles. The molecule has 144 valence electrons. The Bertz CT molecular complexity index is 791. The zero-order valence-corrected chi connectivity index (χ0v) is 17.8. The van der Waals surface area contributed by atoms with Crippen molar-refractivity contribution in [3.05, 3.63) is 63.7 Å². The number of carbonyl (C=O) groups is 2. The number of alkyl carbamates (subject to hydrolysis) is 1. The molecule has 0 aliphatic heterocycles. The van der Waals surface area contributed by atoms with Crippen LogP contribution < -0.4 is 16.2 Å². The van der Waals surface area contributed by atoms with E-state index in [9.17, 15) is 9.59 Å². The number of nitrogens with one attached hydrogen (secondary N) is 1. The molecule has 0 aliphatic carbocycles. The van der Waals surface area contributed by atoms with Crippen molar-refractivity contribution in [1.82, 2.24) is 5.32 Å². The summed E-state index contributed by atoms with van der Waals surface area (Å²) in [6.45, 7) is 5.30. The lowest BCUT2D eigenvalue weighted by molar-refractivity contribution is -0.120. The zero-order chi connectivity index (χ0) is 20.0. The zero-order valence-electron chi connectivity index (χ0n) is 15.6. The summed E-state index contributed by atoms with van der Waals surface area (Å²) in [4.78, 5) is 25.2. The van der Waals surface area contributed by atoms with Gasteiger partial charge in [-0.05, 0) is 67.1 Å². The first-order valence-electron chi connectivity index (χ1n) is 8.53. The van der Waals surface area contributed by atoms with Gasteiger partial charge in [0.05, 0.1) is 5.69 Å². The van der Waals surface area contributed by atoms with Gasteiger partial charge in [-0.3, -0.25) is 4.79 Å². The molecule has 0 radical (unpaired) electrons. The number of carbonyl (C=O) groups excluding carboxylic acids is 2. The molecule has 2 amide bonds. The van der Waals surface area contributed by atoms with Crippen molar-refractivity contribution < 1.29 is 14.3 Å². The number of hydrazine groups is 1. The third-order valence-corrected chi connectivity index (χ3v) is 4.27. The summed E-state index contributed by atoms with van der Waals surface area (Å²) >= 11 is 2.15. The fraction of sp³-hybridized carbons (Fsp3) is 0.300.